The molecule has 20 heavy (non-hydrogen) atoms. The van der Waals surface area contributed by atoms with Gasteiger partial charge >= 0.3 is 0 Å². The van der Waals surface area contributed by atoms with E-state index < -0.39 is 10.0 Å². The first-order valence-corrected chi connectivity index (χ1v) is 8.40. The molecule has 1 N–H and O–H groups in total. The molecule has 0 aromatic heterocycles. The van der Waals surface area contributed by atoms with Crippen molar-refractivity contribution in [3.05, 3.63) is 29.8 Å². The second kappa shape index (κ2) is 5.18. The van der Waals surface area contributed by atoms with Crippen LogP contribution in [0, 0.1) is 5.92 Å². The van der Waals surface area contributed by atoms with Crippen LogP contribution in [0.3, 0.4) is 0 Å². The Kier molecular flexibility index (Phi) is 3.52. The van der Waals surface area contributed by atoms with Crippen LogP contribution < -0.4 is 4.72 Å². The summed E-state index contributed by atoms with van der Waals surface area (Å²) < 4.78 is 26.5. The molecule has 1 aromatic carbocycles. The zero-order valence-electron chi connectivity index (χ0n) is 11.5. The van der Waals surface area contributed by atoms with E-state index in [-0.39, 0.29) is 0 Å². The fraction of sp³-hybridized carbons (Fsp3) is 0.500. The number of benzene rings is 1. The predicted molar refractivity (Wildman–Crippen MR) is 78.4 cm³/mol. The van der Waals surface area contributed by atoms with Crippen LogP contribution in [0.15, 0.2) is 34.2 Å². The molecule has 108 valence electrons. The van der Waals surface area contributed by atoms with Crippen molar-refractivity contribution in [2.45, 2.75) is 17.7 Å². The van der Waals surface area contributed by atoms with Crippen LogP contribution in [0.25, 0.3) is 0 Å². The maximum atomic E-state index is 12.0. The maximum Gasteiger partial charge on any atom is 0.263 e. The van der Waals surface area contributed by atoms with Gasteiger partial charge in [0, 0.05) is 12.1 Å². The van der Waals surface area contributed by atoms with Gasteiger partial charge in [0.1, 0.15) is 5.84 Å². The smallest absolute Gasteiger partial charge is 0.263 e. The Labute approximate surface area is 119 Å². The normalized spacial score (nSPS) is 24.6. The van der Waals surface area contributed by atoms with Crippen molar-refractivity contribution in [2.75, 3.05) is 26.7 Å². The molecule has 2 aliphatic heterocycles. The third kappa shape index (κ3) is 2.58. The summed E-state index contributed by atoms with van der Waals surface area (Å²) in [5.74, 6) is 1.05. The van der Waals surface area contributed by atoms with Crippen LogP contribution in [0.2, 0.25) is 0 Å². The minimum absolute atomic E-state index is 0.335. The lowest BCUT2D eigenvalue weighted by Crippen LogP contribution is -2.31. The number of hydrogen-bond acceptors (Lipinski definition) is 4. The lowest BCUT2D eigenvalue weighted by atomic mass is 9.97. The van der Waals surface area contributed by atoms with Crippen molar-refractivity contribution < 1.29 is 8.42 Å². The Morgan fingerprint density at radius 1 is 1.30 bits per heavy atom. The van der Waals surface area contributed by atoms with Crippen molar-refractivity contribution in [1.29, 1.82) is 0 Å². The first kappa shape index (κ1) is 13.6. The van der Waals surface area contributed by atoms with Crippen LogP contribution in [-0.2, 0) is 10.0 Å². The molecule has 0 amide bonds. The topological polar surface area (TPSA) is 61.8 Å². The summed E-state index contributed by atoms with van der Waals surface area (Å²) in [6.45, 7) is 2.88. The van der Waals surface area contributed by atoms with Crippen molar-refractivity contribution in [3.8, 4) is 0 Å². The molecule has 2 aliphatic rings. The number of aliphatic imine (C=N–C) groups is 1. The highest BCUT2D eigenvalue weighted by Gasteiger charge is 2.30. The SMILES string of the molecule is CN1CCC(CN=C2NS(=O)(=O)c3ccccc32)CC1. The van der Waals surface area contributed by atoms with E-state index in [1.165, 1.54) is 0 Å². The fourth-order valence-electron chi connectivity index (χ4n) is 2.72. The Morgan fingerprint density at radius 3 is 2.75 bits per heavy atom. The fourth-order valence-corrected chi connectivity index (χ4v) is 3.97. The van der Waals surface area contributed by atoms with Crippen LogP contribution >= 0.6 is 0 Å². The number of likely N-dealkylation sites (tertiary alicyclic amines) is 1. The monoisotopic (exact) mass is 293 g/mol. The number of nitrogens with one attached hydrogen (secondary N) is 1. The predicted octanol–water partition coefficient (Wildman–Crippen LogP) is 1.07. The summed E-state index contributed by atoms with van der Waals surface area (Å²) >= 11 is 0. The Balaban J connectivity index is 1.77. The van der Waals surface area contributed by atoms with Gasteiger partial charge in [-0.25, -0.2) is 8.42 Å². The zero-order valence-corrected chi connectivity index (χ0v) is 12.4. The average Bonchev–Trinajstić information content (AvgIpc) is 2.70. The zero-order chi connectivity index (χ0) is 14.2. The minimum Gasteiger partial charge on any atom is -0.306 e. The molecule has 0 atom stereocenters. The van der Waals surface area contributed by atoms with E-state index in [1.54, 1.807) is 18.2 Å². The standard InChI is InChI=1S/C14H19N3O2S/c1-17-8-6-11(7-9-17)10-15-14-12-4-2-3-5-13(12)20(18,19)16-14/h2-5,11H,6-10H2,1H3,(H,15,16). The second-order valence-electron chi connectivity index (χ2n) is 5.54. The maximum absolute atomic E-state index is 12.0. The average molecular weight is 293 g/mol. The lowest BCUT2D eigenvalue weighted by Gasteiger charge is -2.27. The van der Waals surface area contributed by atoms with Gasteiger partial charge in [0.2, 0.25) is 0 Å². The van der Waals surface area contributed by atoms with Gasteiger partial charge in [-0.15, -0.1) is 0 Å². The summed E-state index contributed by atoms with van der Waals surface area (Å²) in [5, 5.41) is 0. The molecule has 0 aliphatic carbocycles. The van der Waals surface area contributed by atoms with E-state index in [9.17, 15) is 8.42 Å². The Hall–Kier alpha value is -1.40. The summed E-state index contributed by atoms with van der Waals surface area (Å²) in [4.78, 5) is 7.17. The summed E-state index contributed by atoms with van der Waals surface area (Å²) in [6, 6.07) is 7.00. The van der Waals surface area contributed by atoms with Crippen molar-refractivity contribution in [1.82, 2.24) is 9.62 Å². The van der Waals surface area contributed by atoms with Crippen molar-refractivity contribution in [2.24, 2.45) is 10.9 Å². The van der Waals surface area contributed by atoms with Crippen LogP contribution in [-0.4, -0.2) is 45.8 Å². The number of sulfonamides is 1. The highest BCUT2D eigenvalue weighted by Crippen LogP contribution is 2.23. The van der Waals surface area contributed by atoms with Crippen LogP contribution in [0.4, 0.5) is 0 Å². The molecule has 0 radical (unpaired) electrons. The molecule has 1 saturated heterocycles. The first-order chi connectivity index (χ1) is 9.56. The van der Waals surface area contributed by atoms with E-state index in [2.05, 4.69) is 21.7 Å². The number of fused-ring (bicyclic) bond motifs is 1. The van der Waals surface area contributed by atoms with E-state index in [1.807, 2.05) is 6.07 Å². The first-order valence-electron chi connectivity index (χ1n) is 6.91. The molecule has 0 spiro atoms. The van der Waals surface area contributed by atoms with Gasteiger partial charge in [0.25, 0.3) is 10.0 Å². The molecule has 1 fully saturated rings. The summed E-state index contributed by atoms with van der Waals surface area (Å²) in [6.07, 6.45) is 2.25. The molecule has 3 rings (SSSR count). The molecular weight excluding hydrogens is 274 g/mol. The number of piperidine rings is 1. The van der Waals surface area contributed by atoms with Crippen LogP contribution in [0.1, 0.15) is 18.4 Å². The number of nitrogens with zero attached hydrogens (tertiary/aromatic N) is 2. The molecular formula is C14H19N3O2S. The molecule has 2 heterocycles. The summed E-state index contributed by atoms with van der Waals surface area (Å²) in [5.41, 5.74) is 0.695. The van der Waals surface area contributed by atoms with E-state index in [4.69, 9.17) is 0 Å². The van der Waals surface area contributed by atoms with Crippen LogP contribution in [0.5, 0.6) is 0 Å². The van der Waals surface area contributed by atoms with E-state index in [0.29, 0.717) is 28.8 Å². The number of amidine groups is 1. The highest BCUT2D eigenvalue weighted by molar-refractivity contribution is 7.90. The second-order valence-corrected chi connectivity index (χ2v) is 7.19. The third-order valence-electron chi connectivity index (χ3n) is 4.01. The molecule has 0 unspecified atom stereocenters. The van der Waals surface area contributed by atoms with E-state index >= 15 is 0 Å². The number of rotatable bonds is 2. The van der Waals surface area contributed by atoms with Gasteiger partial charge < -0.3 is 4.90 Å². The quantitative estimate of drug-likeness (QED) is 0.887. The molecule has 6 heteroatoms. The Morgan fingerprint density at radius 2 is 2.00 bits per heavy atom. The largest absolute Gasteiger partial charge is 0.306 e. The molecule has 0 saturated carbocycles. The highest BCUT2D eigenvalue weighted by atomic mass is 32.2. The van der Waals surface area contributed by atoms with Gasteiger partial charge in [-0.1, -0.05) is 12.1 Å². The molecule has 5 nitrogen and oxygen atoms in total. The molecule has 1 aromatic rings. The van der Waals surface area contributed by atoms with Crippen molar-refractivity contribution in [3.63, 3.8) is 0 Å². The molecule has 0 bridgehead atoms. The van der Waals surface area contributed by atoms with Gasteiger partial charge in [-0.05, 0) is 51.0 Å². The minimum atomic E-state index is -3.41. The number of hydrogen-bond donors (Lipinski definition) is 1. The van der Waals surface area contributed by atoms with Gasteiger partial charge in [0.05, 0.1) is 4.90 Å². The van der Waals surface area contributed by atoms with Crippen molar-refractivity contribution >= 4 is 15.9 Å². The lowest BCUT2D eigenvalue weighted by molar-refractivity contribution is 0.224. The van der Waals surface area contributed by atoms with Gasteiger partial charge in [0.15, 0.2) is 0 Å². The Bertz CT molecular complexity index is 632. The summed E-state index contributed by atoms with van der Waals surface area (Å²) in [7, 11) is -1.28. The third-order valence-corrected chi connectivity index (χ3v) is 5.41. The van der Waals surface area contributed by atoms with Gasteiger partial charge in [-0.2, -0.15) is 0 Å². The van der Waals surface area contributed by atoms with Gasteiger partial charge in [-0.3, -0.25) is 9.71 Å². The van der Waals surface area contributed by atoms with E-state index in [0.717, 1.165) is 25.9 Å².